The van der Waals surface area contributed by atoms with Crippen molar-refractivity contribution in [2.24, 2.45) is 10.9 Å². The smallest absolute Gasteiger partial charge is 0.387 e. The SMILES string of the molecule is CCNC(=NCc1ccccc1OC(F)F)NCC(O)COCC(C)C.I. The van der Waals surface area contributed by atoms with E-state index in [2.05, 4.69) is 20.4 Å². The van der Waals surface area contributed by atoms with Gasteiger partial charge in [-0.2, -0.15) is 8.78 Å². The third-order valence-electron chi connectivity index (χ3n) is 3.21. The summed E-state index contributed by atoms with van der Waals surface area (Å²) in [4.78, 5) is 4.35. The van der Waals surface area contributed by atoms with Gasteiger partial charge in [-0.15, -0.1) is 24.0 Å². The van der Waals surface area contributed by atoms with E-state index in [0.717, 1.165) is 0 Å². The van der Waals surface area contributed by atoms with Crippen molar-refractivity contribution in [3.05, 3.63) is 29.8 Å². The van der Waals surface area contributed by atoms with E-state index in [1.807, 2.05) is 20.8 Å². The van der Waals surface area contributed by atoms with E-state index in [0.29, 0.717) is 30.6 Å². The van der Waals surface area contributed by atoms with Crippen LogP contribution in [-0.4, -0.2) is 50.1 Å². The first-order chi connectivity index (χ1) is 12.4. The summed E-state index contributed by atoms with van der Waals surface area (Å²) in [5, 5.41) is 16.0. The zero-order chi connectivity index (χ0) is 19.4. The number of para-hydroxylation sites is 1. The molecule has 0 radical (unpaired) electrons. The number of ether oxygens (including phenoxy) is 2. The fourth-order valence-corrected chi connectivity index (χ4v) is 2.06. The van der Waals surface area contributed by atoms with Crippen LogP contribution < -0.4 is 15.4 Å². The lowest BCUT2D eigenvalue weighted by Crippen LogP contribution is -2.42. The number of nitrogens with zero attached hydrogens (tertiary/aromatic N) is 1. The normalized spacial score (nSPS) is 12.7. The number of rotatable bonds is 11. The molecule has 1 aromatic carbocycles. The number of guanidine groups is 1. The summed E-state index contributed by atoms with van der Waals surface area (Å²) in [6.45, 7) is 4.98. The van der Waals surface area contributed by atoms with Gasteiger partial charge in [-0.3, -0.25) is 0 Å². The van der Waals surface area contributed by atoms with Gasteiger partial charge in [0.1, 0.15) is 5.75 Å². The van der Waals surface area contributed by atoms with Crippen LogP contribution in [0.5, 0.6) is 5.75 Å². The van der Waals surface area contributed by atoms with Crippen molar-refractivity contribution < 1.29 is 23.4 Å². The molecule has 0 saturated heterocycles. The van der Waals surface area contributed by atoms with Gasteiger partial charge >= 0.3 is 6.61 Å². The summed E-state index contributed by atoms with van der Waals surface area (Å²) in [6.07, 6.45) is -0.674. The summed E-state index contributed by atoms with van der Waals surface area (Å²) >= 11 is 0. The van der Waals surface area contributed by atoms with Gasteiger partial charge in [0.25, 0.3) is 0 Å². The van der Waals surface area contributed by atoms with Crippen LogP contribution in [0.2, 0.25) is 0 Å². The number of benzene rings is 1. The number of alkyl halides is 2. The maximum atomic E-state index is 12.5. The molecule has 0 aliphatic heterocycles. The van der Waals surface area contributed by atoms with Gasteiger partial charge in [0.15, 0.2) is 5.96 Å². The van der Waals surface area contributed by atoms with Crippen LogP contribution in [-0.2, 0) is 11.3 Å². The topological polar surface area (TPSA) is 75.1 Å². The zero-order valence-corrected chi connectivity index (χ0v) is 18.3. The Morgan fingerprint density at radius 2 is 1.89 bits per heavy atom. The standard InChI is InChI=1S/C18H29F2N3O3.HI/c1-4-21-18(23-10-15(24)12-25-11-13(2)3)22-9-14-7-5-6-8-16(14)26-17(19)20;/h5-8,13,15,17,24H,4,9-12H2,1-3H3,(H2,21,22,23);1H. The lowest BCUT2D eigenvalue weighted by atomic mass is 10.2. The van der Waals surface area contributed by atoms with E-state index in [1.165, 1.54) is 6.07 Å². The molecular weight excluding hydrogens is 471 g/mol. The Morgan fingerprint density at radius 3 is 2.52 bits per heavy atom. The van der Waals surface area contributed by atoms with Gasteiger partial charge in [-0.1, -0.05) is 32.0 Å². The second-order valence-corrected chi connectivity index (χ2v) is 6.15. The first-order valence-corrected chi connectivity index (χ1v) is 8.73. The van der Waals surface area contributed by atoms with E-state index >= 15 is 0 Å². The molecule has 1 aromatic rings. The van der Waals surface area contributed by atoms with Gasteiger partial charge in [0, 0.05) is 25.3 Å². The molecule has 9 heteroatoms. The molecule has 0 fully saturated rings. The Kier molecular flexibility index (Phi) is 14.2. The maximum absolute atomic E-state index is 12.5. The van der Waals surface area contributed by atoms with E-state index < -0.39 is 12.7 Å². The minimum atomic E-state index is -2.88. The Morgan fingerprint density at radius 1 is 1.19 bits per heavy atom. The van der Waals surface area contributed by atoms with E-state index in [9.17, 15) is 13.9 Å². The molecule has 0 saturated carbocycles. The Bertz CT molecular complexity index is 548. The summed E-state index contributed by atoms with van der Waals surface area (Å²) < 4.78 is 34.8. The zero-order valence-electron chi connectivity index (χ0n) is 16.0. The van der Waals surface area contributed by atoms with Crippen molar-refractivity contribution in [2.75, 3.05) is 26.3 Å². The van der Waals surface area contributed by atoms with E-state index in [1.54, 1.807) is 18.2 Å². The highest BCUT2D eigenvalue weighted by Gasteiger charge is 2.10. The predicted octanol–water partition coefficient (Wildman–Crippen LogP) is 2.99. The maximum Gasteiger partial charge on any atom is 0.387 e. The molecule has 0 bridgehead atoms. The third-order valence-corrected chi connectivity index (χ3v) is 3.21. The molecule has 0 aromatic heterocycles. The van der Waals surface area contributed by atoms with Crippen molar-refractivity contribution in [1.29, 1.82) is 0 Å². The number of hydrogen-bond donors (Lipinski definition) is 3. The second kappa shape index (κ2) is 14.8. The molecule has 1 rings (SSSR count). The minimum absolute atomic E-state index is 0. The van der Waals surface area contributed by atoms with Crippen molar-refractivity contribution in [2.45, 2.75) is 40.0 Å². The monoisotopic (exact) mass is 501 g/mol. The second-order valence-electron chi connectivity index (χ2n) is 6.15. The molecule has 156 valence electrons. The number of aliphatic hydroxyl groups excluding tert-OH is 1. The highest BCUT2D eigenvalue weighted by molar-refractivity contribution is 14.0. The van der Waals surface area contributed by atoms with Crippen LogP contribution in [0.15, 0.2) is 29.3 Å². The van der Waals surface area contributed by atoms with Crippen molar-refractivity contribution in [3.8, 4) is 5.75 Å². The molecule has 0 heterocycles. The summed E-state index contributed by atoms with van der Waals surface area (Å²) in [6, 6.07) is 6.52. The van der Waals surface area contributed by atoms with Crippen molar-refractivity contribution in [3.63, 3.8) is 0 Å². The molecule has 27 heavy (non-hydrogen) atoms. The molecule has 6 nitrogen and oxygen atoms in total. The number of aliphatic hydroxyl groups is 1. The molecule has 1 unspecified atom stereocenters. The highest BCUT2D eigenvalue weighted by Crippen LogP contribution is 2.20. The Hall–Kier alpha value is -1.20. The van der Waals surface area contributed by atoms with Crippen LogP contribution in [0.1, 0.15) is 26.3 Å². The third kappa shape index (κ3) is 12.0. The number of aliphatic imine (C=N–C) groups is 1. The van der Waals surface area contributed by atoms with Crippen LogP contribution in [0.3, 0.4) is 0 Å². The first-order valence-electron chi connectivity index (χ1n) is 8.73. The lowest BCUT2D eigenvalue weighted by molar-refractivity contribution is -0.0504. The summed E-state index contributed by atoms with van der Waals surface area (Å²) in [7, 11) is 0. The average Bonchev–Trinajstić information content (AvgIpc) is 2.57. The summed E-state index contributed by atoms with van der Waals surface area (Å²) in [5.41, 5.74) is 0.547. The van der Waals surface area contributed by atoms with E-state index in [-0.39, 0.29) is 49.4 Å². The van der Waals surface area contributed by atoms with Crippen LogP contribution in [0.4, 0.5) is 8.78 Å². The number of nitrogens with one attached hydrogen (secondary N) is 2. The van der Waals surface area contributed by atoms with Gasteiger partial charge in [0.2, 0.25) is 0 Å². The first kappa shape index (κ1) is 25.8. The fourth-order valence-electron chi connectivity index (χ4n) is 2.06. The quantitative estimate of drug-likeness (QED) is 0.247. The molecule has 0 aliphatic carbocycles. The lowest BCUT2D eigenvalue weighted by Gasteiger charge is -2.16. The van der Waals surface area contributed by atoms with Crippen LogP contribution in [0.25, 0.3) is 0 Å². The Balaban J connectivity index is 0.00000676. The summed E-state index contributed by atoms with van der Waals surface area (Å²) in [5.74, 6) is 0.982. The van der Waals surface area contributed by atoms with Gasteiger partial charge < -0.3 is 25.2 Å². The largest absolute Gasteiger partial charge is 0.434 e. The molecule has 0 amide bonds. The van der Waals surface area contributed by atoms with Gasteiger partial charge in [0.05, 0.1) is 19.3 Å². The minimum Gasteiger partial charge on any atom is -0.434 e. The molecule has 1 atom stereocenters. The highest BCUT2D eigenvalue weighted by atomic mass is 127. The van der Waals surface area contributed by atoms with Crippen LogP contribution in [0, 0.1) is 5.92 Å². The Labute approximate surface area is 176 Å². The van der Waals surface area contributed by atoms with Crippen LogP contribution >= 0.6 is 24.0 Å². The van der Waals surface area contributed by atoms with E-state index in [4.69, 9.17) is 4.74 Å². The van der Waals surface area contributed by atoms with Gasteiger partial charge in [-0.25, -0.2) is 4.99 Å². The molecule has 3 N–H and O–H groups in total. The average molecular weight is 501 g/mol. The fraction of sp³-hybridized carbons (Fsp3) is 0.611. The number of hydrogen-bond acceptors (Lipinski definition) is 4. The molecular formula is C18H30F2IN3O3. The predicted molar refractivity (Wildman–Crippen MR) is 113 cm³/mol. The van der Waals surface area contributed by atoms with Crippen molar-refractivity contribution >= 4 is 29.9 Å². The number of halogens is 3. The molecule has 0 spiro atoms. The van der Waals surface area contributed by atoms with Crippen molar-refractivity contribution in [1.82, 2.24) is 10.6 Å². The molecule has 0 aliphatic rings. The van der Waals surface area contributed by atoms with Gasteiger partial charge in [-0.05, 0) is 18.9 Å².